The van der Waals surface area contributed by atoms with E-state index in [2.05, 4.69) is 169 Å². The highest BCUT2D eigenvalue weighted by Crippen LogP contribution is 2.43. The molecule has 51 heavy (non-hydrogen) atoms. The molecule has 240 valence electrons. The lowest BCUT2D eigenvalue weighted by Crippen LogP contribution is -2.11. The summed E-state index contributed by atoms with van der Waals surface area (Å²) in [5.41, 5.74) is 13.7. The lowest BCUT2D eigenvalue weighted by molar-refractivity contribution is 0.663. The molecule has 0 fully saturated rings. The fourth-order valence-corrected chi connectivity index (χ4v) is 7.46. The van der Waals surface area contributed by atoms with Gasteiger partial charge in [0.2, 0.25) is 0 Å². The molecule has 3 heteroatoms. The third kappa shape index (κ3) is 4.98. The summed E-state index contributed by atoms with van der Waals surface area (Å²) in [4.78, 5) is 2.35. The molecule has 10 rings (SSSR count). The minimum absolute atomic E-state index is 0.862. The molecule has 2 heterocycles. The molecule has 0 N–H and O–H groups in total. The summed E-state index contributed by atoms with van der Waals surface area (Å²) in [5, 5.41) is 4.39. The van der Waals surface area contributed by atoms with Gasteiger partial charge in [-0.15, -0.1) is 0 Å². The van der Waals surface area contributed by atoms with E-state index in [0.29, 0.717) is 0 Å². The van der Waals surface area contributed by atoms with Crippen LogP contribution in [0.4, 0.5) is 17.1 Å². The summed E-state index contributed by atoms with van der Waals surface area (Å²) < 4.78 is 12.6. The predicted octanol–water partition coefficient (Wildman–Crippen LogP) is 14.0. The molecule has 0 aliphatic carbocycles. The zero-order valence-corrected chi connectivity index (χ0v) is 27.7. The Morgan fingerprint density at radius 1 is 0.314 bits per heavy atom. The first-order valence-corrected chi connectivity index (χ1v) is 17.3. The second-order valence-corrected chi connectivity index (χ2v) is 12.9. The Bertz CT molecular complexity index is 2830. The van der Waals surface area contributed by atoms with Crippen molar-refractivity contribution in [1.82, 2.24) is 0 Å². The van der Waals surface area contributed by atoms with Crippen molar-refractivity contribution in [2.24, 2.45) is 0 Å². The number of rotatable bonds is 6. The summed E-state index contributed by atoms with van der Waals surface area (Å²) in [6, 6.07) is 66.2. The van der Waals surface area contributed by atoms with E-state index in [4.69, 9.17) is 8.83 Å². The molecule has 3 nitrogen and oxygen atoms in total. The monoisotopic (exact) mass is 653 g/mol. The quantitative estimate of drug-likeness (QED) is 0.179. The van der Waals surface area contributed by atoms with Crippen molar-refractivity contribution in [3.05, 3.63) is 188 Å². The van der Waals surface area contributed by atoms with Crippen molar-refractivity contribution in [1.29, 1.82) is 0 Å². The van der Waals surface area contributed by atoms with Gasteiger partial charge < -0.3 is 13.7 Å². The largest absolute Gasteiger partial charge is 0.456 e. The molecule has 0 saturated carbocycles. The SMILES string of the molecule is c1ccc(-c2ccc(N(c3ccc(-c4ccc5c(c4)oc4ccc6oc7ccccc7c6c45)cc3)c3ccccc3-c3ccccc3)cc2)cc1. The molecule has 0 amide bonds. The lowest BCUT2D eigenvalue weighted by atomic mass is 9.99. The topological polar surface area (TPSA) is 29.5 Å². The summed E-state index contributed by atoms with van der Waals surface area (Å²) in [6.45, 7) is 0. The van der Waals surface area contributed by atoms with Gasteiger partial charge in [-0.1, -0.05) is 127 Å². The fraction of sp³-hybridized carbons (Fsp3) is 0. The van der Waals surface area contributed by atoms with Crippen molar-refractivity contribution in [3.8, 4) is 33.4 Å². The first-order chi connectivity index (χ1) is 25.3. The molecule has 10 aromatic rings. The van der Waals surface area contributed by atoms with Gasteiger partial charge in [0, 0.05) is 38.5 Å². The van der Waals surface area contributed by atoms with Gasteiger partial charge in [0.25, 0.3) is 0 Å². The van der Waals surface area contributed by atoms with Crippen molar-refractivity contribution in [2.75, 3.05) is 4.90 Å². The summed E-state index contributed by atoms with van der Waals surface area (Å²) in [6.07, 6.45) is 0. The number of hydrogen-bond donors (Lipinski definition) is 0. The van der Waals surface area contributed by atoms with Gasteiger partial charge in [0.1, 0.15) is 22.3 Å². The number of para-hydroxylation sites is 2. The number of anilines is 3. The molecule has 0 unspecified atom stereocenters. The van der Waals surface area contributed by atoms with Crippen LogP contribution in [-0.4, -0.2) is 0 Å². The maximum absolute atomic E-state index is 6.47. The number of benzene rings is 8. The second-order valence-electron chi connectivity index (χ2n) is 12.9. The van der Waals surface area contributed by atoms with Crippen LogP contribution in [0.5, 0.6) is 0 Å². The molecule has 2 aromatic heterocycles. The predicted molar refractivity (Wildman–Crippen MR) is 212 cm³/mol. The van der Waals surface area contributed by atoms with Crippen molar-refractivity contribution in [2.45, 2.75) is 0 Å². The highest BCUT2D eigenvalue weighted by atomic mass is 16.3. The highest BCUT2D eigenvalue weighted by molar-refractivity contribution is 6.25. The van der Waals surface area contributed by atoms with Gasteiger partial charge in [-0.05, 0) is 88.5 Å². The van der Waals surface area contributed by atoms with Gasteiger partial charge in [0.15, 0.2) is 0 Å². The Balaban J connectivity index is 1.06. The van der Waals surface area contributed by atoms with Crippen LogP contribution in [0.1, 0.15) is 0 Å². The molecule has 8 aromatic carbocycles. The van der Waals surface area contributed by atoms with Gasteiger partial charge in [0.05, 0.1) is 5.69 Å². The summed E-state index contributed by atoms with van der Waals surface area (Å²) >= 11 is 0. The molecule has 0 saturated heterocycles. The van der Waals surface area contributed by atoms with Crippen LogP contribution in [0.2, 0.25) is 0 Å². The number of hydrogen-bond acceptors (Lipinski definition) is 3. The molecule has 0 aliphatic heterocycles. The van der Waals surface area contributed by atoms with Crippen LogP contribution < -0.4 is 4.90 Å². The number of fused-ring (bicyclic) bond motifs is 7. The molecule has 0 atom stereocenters. The van der Waals surface area contributed by atoms with Crippen LogP contribution in [0, 0.1) is 0 Å². The highest BCUT2D eigenvalue weighted by Gasteiger charge is 2.19. The van der Waals surface area contributed by atoms with Gasteiger partial charge in [-0.2, -0.15) is 0 Å². The molecule has 0 spiro atoms. The first kappa shape index (κ1) is 29.1. The van der Waals surface area contributed by atoms with Gasteiger partial charge >= 0.3 is 0 Å². The van der Waals surface area contributed by atoms with Gasteiger partial charge in [-0.3, -0.25) is 0 Å². The Morgan fingerprint density at radius 3 is 1.49 bits per heavy atom. The van der Waals surface area contributed by atoms with E-state index in [0.717, 1.165) is 72.1 Å². The van der Waals surface area contributed by atoms with Gasteiger partial charge in [-0.25, -0.2) is 0 Å². The molecular weight excluding hydrogens is 623 g/mol. The van der Waals surface area contributed by atoms with Crippen LogP contribution in [-0.2, 0) is 0 Å². The van der Waals surface area contributed by atoms with Crippen LogP contribution >= 0.6 is 0 Å². The van der Waals surface area contributed by atoms with Crippen LogP contribution in [0.15, 0.2) is 197 Å². The zero-order valence-electron chi connectivity index (χ0n) is 27.7. The van der Waals surface area contributed by atoms with Crippen LogP contribution in [0.3, 0.4) is 0 Å². The van der Waals surface area contributed by atoms with E-state index < -0.39 is 0 Å². The number of nitrogens with zero attached hydrogens (tertiary/aromatic N) is 1. The number of furan rings is 2. The minimum Gasteiger partial charge on any atom is -0.456 e. The Hall–Kier alpha value is -6.84. The normalized spacial score (nSPS) is 11.5. The smallest absolute Gasteiger partial charge is 0.136 e. The van der Waals surface area contributed by atoms with E-state index >= 15 is 0 Å². The van der Waals surface area contributed by atoms with E-state index in [1.165, 1.54) is 22.3 Å². The Labute approximate surface area is 295 Å². The zero-order chi connectivity index (χ0) is 33.7. The molecule has 0 radical (unpaired) electrons. The maximum atomic E-state index is 6.47. The van der Waals surface area contributed by atoms with E-state index in [-0.39, 0.29) is 0 Å². The minimum atomic E-state index is 0.862. The third-order valence-corrected chi connectivity index (χ3v) is 9.90. The van der Waals surface area contributed by atoms with Crippen molar-refractivity contribution >= 4 is 60.9 Å². The Morgan fingerprint density at radius 2 is 0.804 bits per heavy atom. The van der Waals surface area contributed by atoms with E-state index in [9.17, 15) is 0 Å². The summed E-state index contributed by atoms with van der Waals surface area (Å²) in [7, 11) is 0. The van der Waals surface area contributed by atoms with Crippen molar-refractivity contribution in [3.63, 3.8) is 0 Å². The van der Waals surface area contributed by atoms with Crippen LogP contribution in [0.25, 0.3) is 77.3 Å². The molecular formula is C48H31NO2. The average Bonchev–Trinajstić information content (AvgIpc) is 3.77. The maximum Gasteiger partial charge on any atom is 0.136 e. The first-order valence-electron chi connectivity index (χ1n) is 17.3. The standard InChI is InChI=1S/C48H31NO2/c1-3-11-32(12-4-1)33-19-24-37(25-20-33)49(42-17-9-7-15-39(42)35-13-5-2-6-14-35)38-26-21-34(22-27-38)36-23-28-41-46(31-36)51-45-30-29-44-47(48(41)45)40-16-8-10-18-43(40)50-44/h1-31H. The Kier molecular flexibility index (Phi) is 6.81. The second kappa shape index (κ2) is 11.9. The molecule has 0 aliphatic rings. The summed E-state index contributed by atoms with van der Waals surface area (Å²) in [5.74, 6) is 0. The lowest BCUT2D eigenvalue weighted by Gasteiger charge is -2.28. The fourth-order valence-electron chi connectivity index (χ4n) is 7.46. The third-order valence-electron chi connectivity index (χ3n) is 9.90. The molecule has 0 bridgehead atoms. The van der Waals surface area contributed by atoms with E-state index in [1.54, 1.807) is 0 Å². The van der Waals surface area contributed by atoms with E-state index in [1.807, 2.05) is 24.3 Å². The van der Waals surface area contributed by atoms with Crippen molar-refractivity contribution < 1.29 is 8.83 Å². The average molecular weight is 654 g/mol.